The van der Waals surface area contributed by atoms with E-state index in [0.717, 1.165) is 6.42 Å². The van der Waals surface area contributed by atoms with Gasteiger partial charge in [-0.05, 0) is 0 Å². The number of ether oxygens (including phenoxy) is 3. The molecule has 6 heteroatoms. The van der Waals surface area contributed by atoms with Crippen molar-refractivity contribution in [1.29, 1.82) is 0 Å². The van der Waals surface area contributed by atoms with Gasteiger partial charge in [0.15, 0.2) is 0 Å². The minimum absolute atomic E-state index is 0.345. The molecule has 0 fully saturated rings. The molecule has 0 aliphatic heterocycles. The molecule has 0 atom stereocenters. The Labute approximate surface area is 208 Å². The van der Waals surface area contributed by atoms with E-state index in [1.165, 1.54) is 53.2 Å². The molecule has 182 valence electrons. The molecular weight excluding hydrogens is 543 g/mol. The molecular formula is C26H44O3S2Sn. The molecule has 3 nitrogen and oxygen atoms in total. The van der Waals surface area contributed by atoms with E-state index in [2.05, 4.69) is 56.4 Å². The summed E-state index contributed by atoms with van der Waals surface area (Å²) in [6.45, 7) is 9.32. The zero-order valence-electron chi connectivity index (χ0n) is 20.8. The van der Waals surface area contributed by atoms with Gasteiger partial charge in [-0.1, -0.05) is 0 Å². The second-order valence-corrected chi connectivity index (χ2v) is 25.1. The second-order valence-electron chi connectivity index (χ2n) is 8.70. The van der Waals surface area contributed by atoms with E-state index in [1.54, 1.807) is 20.4 Å². The summed E-state index contributed by atoms with van der Waals surface area (Å²) in [6.07, 6.45) is 9.23. The van der Waals surface area contributed by atoms with Gasteiger partial charge in [0.1, 0.15) is 0 Å². The van der Waals surface area contributed by atoms with Crippen LogP contribution in [-0.4, -0.2) is 52.1 Å². The van der Waals surface area contributed by atoms with Gasteiger partial charge in [0.2, 0.25) is 0 Å². The molecule has 0 aromatic carbocycles. The Bertz CT molecular complexity index is 706. The van der Waals surface area contributed by atoms with Crippen molar-refractivity contribution in [3.63, 3.8) is 0 Å². The van der Waals surface area contributed by atoms with Crippen LogP contribution in [0.5, 0.6) is 0 Å². The molecule has 0 aliphatic rings. The van der Waals surface area contributed by atoms with Crippen LogP contribution in [0.25, 0.3) is 9.75 Å². The van der Waals surface area contributed by atoms with Gasteiger partial charge in [-0.25, -0.2) is 0 Å². The van der Waals surface area contributed by atoms with E-state index in [1.807, 2.05) is 14.2 Å². The van der Waals surface area contributed by atoms with Crippen LogP contribution in [0.4, 0.5) is 0 Å². The molecule has 2 rings (SSSR count). The first kappa shape index (κ1) is 28.3. The summed E-state index contributed by atoms with van der Waals surface area (Å²) in [5, 5.41) is 0. The molecule has 2 aromatic heterocycles. The quantitative estimate of drug-likeness (QED) is 0.0958. The molecule has 0 N–H and O–H groups in total. The van der Waals surface area contributed by atoms with Crippen molar-refractivity contribution in [3.8, 4) is 9.75 Å². The Morgan fingerprint density at radius 3 is 1.94 bits per heavy atom. The Morgan fingerprint density at radius 1 is 0.719 bits per heavy atom. The fourth-order valence-electron chi connectivity index (χ4n) is 4.18. The summed E-state index contributed by atoms with van der Waals surface area (Å²) >= 11 is 1.76. The molecule has 2 heterocycles. The summed E-state index contributed by atoms with van der Waals surface area (Å²) < 4.78 is 22.4. The van der Waals surface area contributed by atoms with Crippen LogP contribution in [0.2, 0.25) is 13.3 Å². The molecule has 0 radical (unpaired) electrons. The summed E-state index contributed by atoms with van der Waals surface area (Å²) in [5.41, 5.74) is 0. The number of hydrogen-bond donors (Lipinski definition) is 0. The Kier molecular flexibility index (Phi) is 14.7. The van der Waals surface area contributed by atoms with Crippen LogP contribution in [-0.2, 0) is 20.6 Å². The molecule has 0 saturated heterocycles. The van der Waals surface area contributed by atoms with E-state index in [4.69, 9.17) is 14.2 Å². The van der Waals surface area contributed by atoms with E-state index in [0.29, 0.717) is 26.6 Å². The molecule has 0 aliphatic carbocycles. The van der Waals surface area contributed by atoms with Crippen molar-refractivity contribution in [2.45, 2.75) is 79.0 Å². The van der Waals surface area contributed by atoms with E-state index in [9.17, 15) is 0 Å². The number of hydrogen-bond acceptors (Lipinski definition) is 5. The van der Waals surface area contributed by atoms with Crippen LogP contribution in [0, 0.1) is 0 Å². The van der Waals surface area contributed by atoms with Crippen molar-refractivity contribution in [1.82, 2.24) is 0 Å². The standard InChI is InChI=1S/C14H17O3S2.3C4H9.Sn/c1-15-8-9-17-11-16-7-6-12-4-5-14(19-12)13-3-2-10-18-13;3*1-3-4-2;/h2-5H,6-9,11H2,1H3;3*1,3-4H2,2H3;. The van der Waals surface area contributed by atoms with Crippen molar-refractivity contribution < 1.29 is 14.2 Å². The van der Waals surface area contributed by atoms with Crippen molar-refractivity contribution >= 4 is 43.9 Å². The van der Waals surface area contributed by atoms with Gasteiger partial charge in [-0.3, -0.25) is 0 Å². The summed E-state index contributed by atoms with van der Waals surface area (Å²) in [5.74, 6) is 0. The Hall–Kier alpha value is 0.0787. The number of unbranched alkanes of at least 4 members (excludes halogenated alkanes) is 3. The molecule has 0 unspecified atom stereocenters. The maximum atomic E-state index is 5.60. The zero-order valence-corrected chi connectivity index (χ0v) is 25.2. The van der Waals surface area contributed by atoms with Crippen LogP contribution in [0.3, 0.4) is 0 Å². The second kappa shape index (κ2) is 16.7. The normalized spacial score (nSPS) is 12.0. The molecule has 0 saturated carbocycles. The van der Waals surface area contributed by atoms with Crippen LogP contribution < -0.4 is 2.89 Å². The van der Waals surface area contributed by atoms with Gasteiger partial charge in [-0.15, -0.1) is 0 Å². The summed E-state index contributed by atoms with van der Waals surface area (Å²) in [7, 11) is 1.68. The van der Waals surface area contributed by atoms with Gasteiger partial charge in [0.05, 0.1) is 6.61 Å². The van der Waals surface area contributed by atoms with Crippen molar-refractivity contribution in [2.75, 3.05) is 33.7 Å². The monoisotopic (exact) mass is 588 g/mol. The minimum atomic E-state index is -2.31. The SMILES string of the molecule is CCC[CH2][Sn]([CH2]CCC)([CH2]CCC)[c]1ccc(-c2ccc(CCOCOCCOC)s2)s1. The molecule has 32 heavy (non-hydrogen) atoms. The fraction of sp³-hybridized carbons (Fsp3) is 0.692. The van der Waals surface area contributed by atoms with E-state index in [-0.39, 0.29) is 0 Å². The third kappa shape index (κ3) is 9.38. The third-order valence-electron chi connectivity index (χ3n) is 6.15. The van der Waals surface area contributed by atoms with Crippen molar-refractivity contribution in [3.05, 3.63) is 29.1 Å². The maximum absolute atomic E-state index is 5.60. The molecule has 0 amide bonds. The molecule has 2 aromatic rings. The average molecular weight is 587 g/mol. The van der Waals surface area contributed by atoms with Crippen LogP contribution in [0.1, 0.15) is 64.2 Å². The van der Waals surface area contributed by atoms with Crippen molar-refractivity contribution in [2.24, 2.45) is 0 Å². The predicted octanol–water partition coefficient (Wildman–Crippen LogP) is 7.71. The summed E-state index contributed by atoms with van der Waals surface area (Å²) in [4.78, 5) is 4.30. The van der Waals surface area contributed by atoms with Gasteiger partial charge in [0.25, 0.3) is 0 Å². The number of thiophene rings is 2. The van der Waals surface area contributed by atoms with Gasteiger partial charge in [0, 0.05) is 7.11 Å². The van der Waals surface area contributed by atoms with Crippen LogP contribution in [0.15, 0.2) is 24.3 Å². The zero-order chi connectivity index (χ0) is 23.1. The fourth-order valence-corrected chi connectivity index (χ4v) is 25.4. The van der Waals surface area contributed by atoms with Crippen LogP contribution >= 0.6 is 22.7 Å². The van der Waals surface area contributed by atoms with E-state index < -0.39 is 18.4 Å². The average Bonchev–Trinajstić information content (AvgIpc) is 3.48. The first-order valence-corrected chi connectivity index (χ1v) is 21.6. The first-order valence-electron chi connectivity index (χ1n) is 12.5. The number of methoxy groups -OCH3 is 1. The van der Waals surface area contributed by atoms with Gasteiger partial charge >= 0.3 is 191 Å². The summed E-state index contributed by atoms with van der Waals surface area (Å²) in [6, 6.07) is 9.55. The predicted molar refractivity (Wildman–Crippen MR) is 145 cm³/mol. The van der Waals surface area contributed by atoms with Gasteiger partial charge in [-0.2, -0.15) is 0 Å². The Morgan fingerprint density at radius 2 is 1.31 bits per heavy atom. The first-order chi connectivity index (χ1) is 15.7. The van der Waals surface area contributed by atoms with Gasteiger partial charge < -0.3 is 4.74 Å². The van der Waals surface area contributed by atoms with E-state index >= 15 is 0 Å². The number of rotatable bonds is 19. The topological polar surface area (TPSA) is 27.7 Å². The molecule has 0 bridgehead atoms. The Balaban J connectivity index is 2.02. The molecule has 0 spiro atoms. The third-order valence-corrected chi connectivity index (χ3v) is 26.9.